The van der Waals surface area contributed by atoms with Gasteiger partial charge in [-0.05, 0) is 43.4 Å². The molecule has 4 aromatic rings. The summed E-state index contributed by atoms with van der Waals surface area (Å²) in [7, 11) is 2.06. The first-order chi connectivity index (χ1) is 17.6. The van der Waals surface area contributed by atoms with Crippen LogP contribution in [-0.2, 0) is 0 Å². The fourth-order valence-electron chi connectivity index (χ4n) is 4.27. The first kappa shape index (κ1) is 22.4. The molecule has 2 aromatic heterocycles. The fraction of sp³-hybridized carbons (Fsp3) is 0.200. The molecule has 2 aliphatic rings. The number of nitrogens with zero attached hydrogens (tertiary/aromatic N) is 5. The zero-order valence-electron chi connectivity index (χ0n) is 19.5. The Morgan fingerprint density at radius 1 is 1.00 bits per heavy atom. The van der Waals surface area contributed by atoms with Gasteiger partial charge in [-0.3, -0.25) is 10.2 Å². The number of benzene rings is 2. The molecular weight excluding hydrogens is 478 g/mol. The summed E-state index contributed by atoms with van der Waals surface area (Å²) in [6.07, 6.45) is 1.42. The van der Waals surface area contributed by atoms with E-state index in [0.29, 0.717) is 38.0 Å². The number of anilines is 3. The maximum atomic E-state index is 13.3. The molecule has 2 aromatic carbocycles. The Kier molecular flexibility index (Phi) is 5.72. The Bertz CT molecular complexity index is 1430. The summed E-state index contributed by atoms with van der Waals surface area (Å²) in [6.45, 7) is 3.21. The van der Waals surface area contributed by atoms with Gasteiger partial charge >= 0.3 is 6.03 Å². The van der Waals surface area contributed by atoms with Gasteiger partial charge in [-0.1, -0.05) is 18.2 Å². The largest absolute Gasteiger partial charge is 0.457 e. The number of carbonyl (C=O) groups excluding carboxylic acids is 2. The standard InChI is InChI=1S/C25H23N7O3S/c1-30-11-13-31(14-12-30)29-23(33)21-20-19-22(26-15-27-24(19)36-21)32(25(34)28-20)16-7-9-18(10-8-16)35-17-5-3-2-4-6-17/h2-10,15H,11-14H2,1H3,(H,28,34)(H,29,33). The Morgan fingerprint density at radius 2 is 1.72 bits per heavy atom. The fourth-order valence-corrected chi connectivity index (χ4v) is 5.25. The lowest BCUT2D eigenvalue weighted by Gasteiger charge is -2.32. The number of carbonyl (C=O) groups is 2. The average molecular weight is 502 g/mol. The Hall–Kier alpha value is -4.06. The molecule has 0 atom stereocenters. The van der Waals surface area contributed by atoms with Crippen LogP contribution in [0.5, 0.6) is 11.5 Å². The smallest absolute Gasteiger partial charge is 0.332 e. The van der Waals surface area contributed by atoms with Crippen LogP contribution in [0.15, 0.2) is 60.9 Å². The van der Waals surface area contributed by atoms with Gasteiger partial charge in [0.25, 0.3) is 5.91 Å². The van der Waals surface area contributed by atoms with Crippen molar-refractivity contribution in [1.29, 1.82) is 0 Å². The van der Waals surface area contributed by atoms with Crippen molar-refractivity contribution in [2.45, 2.75) is 0 Å². The molecule has 1 saturated heterocycles. The van der Waals surface area contributed by atoms with Gasteiger partial charge in [-0.25, -0.2) is 24.7 Å². The first-order valence-electron chi connectivity index (χ1n) is 11.5. The number of rotatable bonds is 5. The number of nitrogens with one attached hydrogen (secondary N) is 2. The molecule has 4 heterocycles. The van der Waals surface area contributed by atoms with Gasteiger partial charge in [0.1, 0.15) is 27.5 Å². The van der Waals surface area contributed by atoms with Gasteiger partial charge in [-0.15, -0.1) is 11.3 Å². The van der Waals surface area contributed by atoms with Crippen LogP contribution in [0.2, 0.25) is 0 Å². The number of amides is 3. The summed E-state index contributed by atoms with van der Waals surface area (Å²) < 4.78 is 5.87. The van der Waals surface area contributed by atoms with Crippen molar-refractivity contribution < 1.29 is 14.3 Å². The number of thiophene rings is 1. The van der Waals surface area contributed by atoms with Crippen LogP contribution in [0.1, 0.15) is 9.67 Å². The monoisotopic (exact) mass is 501 g/mol. The lowest BCUT2D eigenvalue weighted by molar-refractivity contribution is 0.0667. The van der Waals surface area contributed by atoms with E-state index in [9.17, 15) is 9.59 Å². The van der Waals surface area contributed by atoms with Gasteiger partial charge in [0.15, 0.2) is 5.82 Å². The van der Waals surface area contributed by atoms with Crippen LogP contribution in [0.3, 0.4) is 0 Å². The predicted molar refractivity (Wildman–Crippen MR) is 138 cm³/mol. The van der Waals surface area contributed by atoms with E-state index < -0.39 is 6.03 Å². The number of likely N-dealkylation sites (N-methyl/N-ethyl adjacent to an activating group) is 1. The molecule has 2 aliphatic heterocycles. The van der Waals surface area contributed by atoms with Crippen molar-refractivity contribution in [2.75, 3.05) is 43.4 Å². The number of hydrogen-bond acceptors (Lipinski definition) is 8. The third-order valence-electron chi connectivity index (χ3n) is 6.16. The second-order valence-electron chi connectivity index (χ2n) is 8.59. The normalized spacial score (nSPS) is 16.1. The SMILES string of the molecule is CN1CCN(NC(=O)c2sc3ncnc4c3c2NC(=O)N4c2ccc(Oc3ccccc3)cc2)CC1. The summed E-state index contributed by atoms with van der Waals surface area (Å²) in [5, 5.41) is 5.45. The van der Waals surface area contributed by atoms with Crippen LogP contribution in [0.25, 0.3) is 10.2 Å². The molecule has 6 rings (SSSR count). The highest BCUT2D eigenvalue weighted by Crippen LogP contribution is 2.44. The van der Waals surface area contributed by atoms with Crippen molar-refractivity contribution in [3.63, 3.8) is 0 Å². The second-order valence-corrected chi connectivity index (χ2v) is 9.59. The van der Waals surface area contributed by atoms with E-state index >= 15 is 0 Å². The summed E-state index contributed by atoms with van der Waals surface area (Å²) in [4.78, 5) is 39.9. The van der Waals surface area contributed by atoms with Crippen LogP contribution in [0, 0.1) is 0 Å². The summed E-state index contributed by atoms with van der Waals surface area (Å²) in [6, 6.07) is 16.3. The van der Waals surface area contributed by atoms with Gasteiger partial charge in [-0.2, -0.15) is 0 Å². The zero-order valence-corrected chi connectivity index (χ0v) is 20.3. The Labute approximate surface area is 211 Å². The van der Waals surface area contributed by atoms with E-state index in [-0.39, 0.29) is 5.91 Å². The molecule has 0 bridgehead atoms. The Balaban J connectivity index is 1.29. The number of para-hydroxylation sites is 1. The van der Waals surface area contributed by atoms with E-state index in [1.807, 2.05) is 35.3 Å². The van der Waals surface area contributed by atoms with E-state index in [2.05, 4.69) is 32.7 Å². The minimum absolute atomic E-state index is 0.264. The highest BCUT2D eigenvalue weighted by molar-refractivity contribution is 7.21. The van der Waals surface area contributed by atoms with Crippen molar-refractivity contribution in [3.05, 3.63) is 65.8 Å². The highest BCUT2D eigenvalue weighted by atomic mass is 32.1. The van der Waals surface area contributed by atoms with Crippen LogP contribution >= 0.6 is 11.3 Å². The molecule has 0 radical (unpaired) electrons. The summed E-state index contributed by atoms with van der Waals surface area (Å²) in [5.74, 6) is 1.54. The molecule has 0 spiro atoms. The van der Waals surface area contributed by atoms with Crippen molar-refractivity contribution in [3.8, 4) is 11.5 Å². The van der Waals surface area contributed by atoms with E-state index in [1.54, 1.807) is 24.3 Å². The van der Waals surface area contributed by atoms with Crippen molar-refractivity contribution in [2.24, 2.45) is 0 Å². The third-order valence-corrected chi connectivity index (χ3v) is 7.25. The third kappa shape index (κ3) is 4.13. The van der Waals surface area contributed by atoms with Gasteiger partial charge < -0.3 is 15.0 Å². The molecule has 1 fully saturated rings. The number of aromatic nitrogens is 2. The van der Waals surface area contributed by atoms with Gasteiger partial charge in [0.05, 0.1) is 16.8 Å². The van der Waals surface area contributed by atoms with Crippen molar-refractivity contribution in [1.82, 2.24) is 25.3 Å². The van der Waals surface area contributed by atoms with E-state index in [4.69, 9.17) is 4.74 Å². The number of piperazine rings is 1. The van der Waals surface area contributed by atoms with Crippen LogP contribution < -0.4 is 20.4 Å². The zero-order chi connectivity index (χ0) is 24.6. The van der Waals surface area contributed by atoms with Crippen LogP contribution in [0.4, 0.5) is 22.0 Å². The van der Waals surface area contributed by atoms with Crippen molar-refractivity contribution >= 4 is 50.7 Å². The molecule has 0 aliphatic carbocycles. The number of hydrazine groups is 1. The lowest BCUT2D eigenvalue weighted by Crippen LogP contribution is -2.52. The topological polar surface area (TPSA) is 103 Å². The molecule has 182 valence electrons. The first-order valence-corrected chi connectivity index (χ1v) is 12.3. The maximum absolute atomic E-state index is 13.3. The number of ether oxygens (including phenoxy) is 1. The predicted octanol–water partition coefficient (Wildman–Crippen LogP) is 4.06. The van der Waals surface area contributed by atoms with Gasteiger partial charge in [0.2, 0.25) is 0 Å². The number of urea groups is 1. The second kappa shape index (κ2) is 9.19. The quantitative estimate of drug-likeness (QED) is 0.425. The highest BCUT2D eigenvalue weighted by Gasteiger charge is 2.34. The molecule has 3 amide bonds. The number of hydrogen-bond donors (Lipinski definition) is 2. The summed E-state index contributed by atoms with van der Waals surface area (Å²) in [5.41, 5.74) is 4.04. The molecule has 11 heteroatoms. The van der Waals surface area contributed by atoms with E-state index in [0.717, 1.165) is 31.9 Å². The molecule has 2 N–H and O–H groups in total. The minimum atomic E-state index is -0.397. The average Bonchev–Trinajstić information content (AvgIpc) is 3.26. The van der Waals surface area contributed by atoms with Gasteiger partial charge in [0, 0.05) is 26.2 Å². The minimum Gasteiger partial charge on any atom is -0.457 e. The van der Waals surface area contributed by atoms with E-state index in [1.165, 1.54) is 22.6 Å². The molecule has 10 nitrogen and oxygen atoms in total. The molecule has 36 heavy (non-hydrogen) atoms. The molecule has 0 unspecified atom stereocenters. The molecule has 0 saturated carbocycles. The molecular formula is C25H23N7O3S. The lowest BCUT2D eigenvalue weighted by atomic mass is 10.2. The van der Waals surface area contributed by atoms with Crippen LogP contribution in [-0.4, -0.2) is 65.0 Å². The Morgan fingerprint density at radius 3 is 2.47 bits per heavy atom. The summed E-state index contributed by atoms with van der Waals surface area (Å²) >= 11 is 1.24. The maximum Gasteiger partial charge on any atom is 0.332 e.